The molecule has 0 amide bonds. The SMILES string of the molecule is CCOc1nc(N)nc(N2CCCCCC2CO)n1. The van der Waals surface area contributed by atoms with Crippen molar-refractivity contribution in [2.24, 2.45) is 0 Å². The van der Waals surface area contributed by atoms with E-state index in [1.807, 2.05) is 11.8 Å². The summed E-state index contributed by atoms with van der Waals surface area (Å²) in [6, 6.07) is 0.282. The number of aliphatic hydroxyl groups excluding tert-OH is 1. The molecule has 1 saturated heterocycles. The Morgan fingerprint density at radius 2 is 2.16 bits per heavy atom. The van der Waals surface area contributed by atoms with Crippen LogP contribution in [0.1, 0.15) is 32.6 Å². The Morgan fingerprint density at radius 3 is 2.89 bits per heavy atom. The van der Waals surface area contributed by atoms with Crippen LogP contribution in [-0.2, 0) is 0 Å². The molecule has 1 aliphatic rings. The van der Waals surface area contributed by atoms with Gasteiger partial charge in [-0.2, -0.15) is 15.0 Å². The van der Waals surface area contributed by atoms with Crippen LogP contribution in [0.15, 0.2) is 0 Å². The minimum atomic E-state index is 0.0405. The van der Waals surface area contributed by atoms with Gasteiger partial charge in [0.2, 0.25) is 11.9 Å². The zero-order valence-electron chi connectivity index (χ0n) is 11.2. The van der Waals surface area contributed by atoms with Crippen molar-refractivity contribution in [3.63, 3.8) is 0 Å². The van der Waals surface area contributed by atoms with Crippen molar-refractivity contribution in [1.29, 1.82) is 0 Å². The zero-order chi connectivity index (χ0) is 13.7. The van der Waals surface area contributed by atoms with Crippen LogP contribution < -0.4 is 15.4 Å². The molecule has 0 aromatic carbocycles. The van der Waals surface area contributed by atoms with Crippen LogP contribution in [0.25, 0.3) is 0 Å². The van der Waals surface area contributed by atoms with Crippen LogP contribution in [-0.4, -0.2) is 45.9 Å². The molecular weight excluding hydrogens is 246 g/mol. The van der Waals surface area contributed by atoms with Crippen LogP contribution in [0.4, 0.5) is 11.9 Å². The maximum absolute atomic E-state index is 9.51. The minimum absolute atomic E-state index is 0.0405. The van der Waals surface area contributed by atoms with Crippen LogP contribution in [0, 0.1) is 0 Å². The molecule has 0 saturated carbocycles. The molecule has 7 heteroatoms. The molecule has 0 radical (unpaired) electrons. The topological polar surface area (TPSA) is 97.4 Å². The van der Waals surface area contributed by atoms with Gasteiger partial charge in [0.15, 0.2) is 0 Å². The number of ether oxygens (including phenoxy) is 1. The van der Waals surface area contributed by atoms with Gasteiger partial charge in [0.05, 0.1) is 19.3 Å². The molecule has 1 aromatic rings. The largest absolute Gasteiger partial charge is 0.464 e. The number of nitrogen functional groups attached to an aromatic ring is 1. The number of hydrogen-bond donors (Lipinski definition) is 2. The van der Waals surface area contributed by atoms with Crippen molar-refractivity contribution >= 4 is 11.9 Å². The lowest BCUT2D eigenvalue weighted by molar-refractivity contribution is 0.253. The normalized spacial score (nSPS) is 20.1. The summed E-state index contributed by atoms with van der Waals surface area (Å²) in [6.45, 7) is 3.25. The lowest BCUT2D eigenvalue weighted by Crippen LogP contribution is -2.39. The summed E-state index contributed by atoms with van der Waals surface area (Å²) >= 11 is 0. The first-order chi connectivity index (χ1) is 9.24. The third kappa shape index (κ3) is 3.44. The lowest BCUT2D eigenvalue weighted by atomic mass is 10.1. The zero-order valence-corrected chi connectivity index (χ0v) is 11.2. The average molecular weight is 267 g/mol. The molecule has 7 nitrogen and oxygen atoms in total. The van der Waals surface area contributed by atoms with E-state index in [0.717, 1.165) is 32.2 Å². The van der Waals surface area contributed by atoms with Crippen molar-refractivity contribution in [2.45, 2.75) is 38.6 Å². The van der Waals surface area contributed by atoms with E-state index < -0.39 is 0 Å². The molecule has 1 atom stereocenters. The van der Waals surface area contributed by atoms with Crippen LogP contribution in [0.3, 0.4) is 0 Å². The summed E-state index contributed by atoms with van der Waals surface area (Å²) in [6.07, 6.45) is 4.27. The fraction of sp³-hybridized carbons (Fsp3) is 0.750. The molecule has 106 valence electrons. The number of rotatable bonds is 4. The first-order valence-corrected chi connectivity index (χ1v) is 6.76. The van der Waals surface area contributed by atoms with Crippen molar-refractivity contribution in [2.75, 3.05) is 30.4 Å². The van der Waals surface area contributed by atoms with E-state index in [4.69, 9.17) is 10.5 Å². The highest BCUT2D eigenvalue weighted by molar-refractivity contribution is 5.37. The summed E-state index contributed by atoms with van der Waals surface area (Å²) in [5, 5.41) is 9.51. The third-order valence-electron chi connectivity index (χ3n) is 3.24. The number of aliphatic hydroxyl groups is 1. The molecule has 1 fully saturated rings. The van der Waals surface area contributed by atoms with Gasteiger partial charge in [-0.25, -0.2) is 0 Å². The maximum Gasteiger partial charge on any atom is 0.323 e. The van der Waals surface area contributed by atoms with Crippen molar-refractivity contribution in [3.05, 3.63) is 0 Å². The second kappa shape index (κ2) is 6.51. The number of hydrogen-bond acceptors (Lipinski definition) is 7. The highest BCUT2D eigenvalue weighted by Crippen LogP contribution is 2.22. The summed E-state index contributed by atoms with van der Waals surface area (Å²) < 4.78 is 5.29. The Labute approximate surface area is 112 Å². The summed E-state index contributed by atoms with van der Waals surface area (Å²) in [4.78, 5) is 14.4. The van der Waals surface area contributed by atoms with Gasteiger partial charge in [0.25, 0.3) is 0 Å². The van der Waals surface area contributed by atoms with Gasteiger partial charge in [-0.05, 0) is 19.8 Å². The van der Waals surface area contributed by atoms with Crippen LogP contribution >= 0.6 is 0 Å². The van der Waals surface area contributed by atoms with Gasteiger partial charge in [0.1, 0.15) is 0 Å². The molecule has 1 aliphatic heterocycles. The van der Waals surface area contributed by atoms with E-state index in [-0.39, 0.29) is 24.6 Å². The van der Waals surface area contributed by atoms with Crippen LogP contribution in [0.2, 0.25) is 0 Å². The van der Waals surface area contributed by atoms with E-state index >= 15 is 0 Å². The molecule has 1 aromatic heterocycles. The van der Waals surface area contributed by atoms with E-state index in [0.29, 0.717) is 12.6 Å². The molecular formula is C12H21N5O2. The number of anilines is 2. The highest BCUT2D eigenvalue weighted by Gasteiger charge is 2.23. The molecule has 3 N–H and O–H groups in total. The maximum atomic E-state index is 9.51. The molecule has 2 rings (SSSR count). The lowest BCUT2D eigenvalue weighted by Gasteiger charge is -2.28. The fourth-order valence-electron chi connectivity index (χ4n) is 2.31. The van der Waals surface area contributed by atoms with E-state index in [1.165, 1.54) is 0 Å². The second-order valence-electron chi connectivity index (χ2n) is 4.59. The highest BCUT2D eigenvalue weighted by atomic mass is 16.5. The Kier molecular flexibility index (Phi) is 4.73. The monoisotopic (exact) mass is 267 g/mol. The first-order valence-electron chi connectivity index (χ1n) is 6.76. The summed E-state index contributed by atoms with van der Waals surface area (Å²) in [5.74, 6) is 0.645. The smallest absolute Gasteiger partial charge is 0.323 e. The molecule has 2 heterocycles. The van der Waals surface area contributed by atoms with Crippen molar-refractivity contribution in [1.82, 2.24) is 15.0 Å². The van der Waals surface area contributed by atoms with Gasteiger partial charge >= 0.3 is 6.01 Å². The van der Waals surface area contributed by atoms with Gasteiger partial charge in [-0.15, -0.1) is 0 Å². The van der Waals surface area contributed by atoms with E-state index in [2.05, 4.69) is 15.0 Å². The first kappa shape index (κ1) is 13.8. The van der Waals surface area contributed by atoms with E-state index in [9.17, 15) is 5.11 Å². The quantitative estimate of drug-likeness (QED) is 0.824. The number of aromatic nitrogens is 3. The second-order valence-corrected chi connectivity index (χ2v) is 4.59. The van der Waals surface area contributed by atoms with Gasteiger partial charge in [0, 0.05) is 6.54 Å². The third-order valence-corrected chi connectivity index (χ3v) is 3.24. The Hall–Kier alpha value is -1.63. The predicted molar refractivity (Wildman–Crippen MR) is 72.1 cm³/mol. The fourth-order valence-corrected chi connectivity index (χ4v) is 2.31. The van der Waals surface area contributed by atoms with Gasteiger partial charge < -0.3 is 20.5 Å². The molecule has 1 unspecified atom stereocenters. The number of nitrogens with two attached hydrogens (primary N) is 1. The average Bonchev–Trinajstić information content (AvgIpc) is 2.63. The summed E-state index contributed by atoms with van der Waals surface area (Å²) in [5.41, 5.74) is 5.69. The molecule has 0 spiro atoms. The van der Waals surface area contributed by atoms with Gasteiger partial charge in [-0.3, -0.25) is 0 Å². The van der Waals surface area contributed by atoms with Crippen LogP contribution in [0.5, 0.6) is 6.01 Å². The Balaban J connectivity index is 2.26. The molecule has 19 heavy (non-hydrogen) atoms. The van der Waals surface area contributed by atoms with Gasteiger partial charge in [-0.1, -0.05) is 12.8 Å². The Morgan fingerprint density at radius 1 is 1.32 bits per heavy atom. The molecule has 0 bridgehead atoms. The van der Waals surface area contributed by atoms with Crippen molar-refractivity contribution < 1.29 is 9.84 Å². The van der Waals surface area contributed by atoms with Crippen molar-refractivity contribution in [3.8, 4) is 6.01 Å². The minimum Gasteiger partial charge on any atom is -0.464 e. The molecule has 0 aliphatic carbocycles. The standard InChI is InChI=1S/C12H21N5O2/c1-2-19-12-15-10(13)14-11(16-12)17-7-5-3-4-6-9(17)8-18/h9,18H,2-8H2,1H3,(H2,13,14,15,16). The summed E-state index contributed by atoms with van der Waals surface area (Å²) in [7, 11) is 0. The Bertz CT molecular complexity index is 415. The van der Waals surface area contributed by atoms with E-state index in [1.54, 1.807) is 0 Å². The number of nitrogens with zero attached hydrogens (tertiary/aromatic N) is 4. The predicted octanol–water partition coefficient (Wildman–Crippen LogP) is 0.594.